The van der Waals surface area contributed by atoms with Crippen LogP contribution in [0.5, 0.6) is 0 Å². The number of nitro groups is 1. The predicted octanol–water partition coefficient (Wildman–Crippen LogP) is 4.83. The quantitative estimate of drug-likeness (QED) is 0.585. The average Bonchev–Trinajstić information content (AvgIpc) is 2.68. The zero-order valence-corrected chi connectivity index (χ0v) is 15.1. The summed E-state index contributed by atoms with van der Waals surface area (Å²) in [5.74, 6) is -0.0238. The minimum absolute atomic E-state index is 0.177. The molecule has 1 aliphatic carbocycles. The SMILES string of the molecule is C[C@H]1CCCCC1=NNc1ccc(C(=O)Nc2ccccc2)cc1[N+](=O)[O-]. The smallest absolute Gasteiger partial charge is 0.294 e. The van der Waals surface area contributed by atoms with E-state index in [1.807, 2.05) is 6.07 Å². The molecule has 0 heterocycles. The minimum atomic E-state index is -0.508. The summed E-state index contributed by atoms with van der Waals surface area (Å²) in [6.07, 6.45) is 4.26. The van der Waals surface area contributed by atoms with Gasteiger partial charge < -0.3 is 5.32 Å². The molecule has 1 atom stereocenters. The Morgan fingerprint density at radius 1 is 1.19 bits per heavy atom. The molecule has 2 aromatic carbocycles. The van der Waals surface area contributed by atoms with Crippen molar-refractivity contribution in [2.45, 2.75) is 32.6 Å². The van der Waals surface area contributed by atoms with Gasteiger partial charge in [-0.3, -0.25) is 20.3 Å². The van der Waals surface area contributed by atoms with Gasteiger partial charge in [0.05, 0.1) is 4.92 Å². The van der Waals surface area contributed by atoms with Crippen LogP contribution in [0.3, 0.4) is 0 Å². The monoisotopic (exact) mass is 366 g/mol. The molecule has 0 aromatic heterocycles. The molecule has 7 heteroatoms. The first kappa shape index (κ1) is 18.6. The molecule has 7 nitrogen and oxygen atoms in total. The number of nitro benzene ring substituents is 1. The van der Waals surface area contributed by atoms with Crippen molar-refractivity contribution in [3.63, 3.8) is 0 Å². The van der Waals surface area contributed by atoms with Crippen LogP contribution in [0.25, 0.3) is 0 Å². The van der Waals surface area contributed by atoms with Crippen molar-refractivity contribution in [3.05, 3.63) is 64.2 Å². The van der Waals surface area contributed by atoms with Gasteiger partial charge in [-0.15, -0.1) is 0 Å². The van der Waals surface area contributed by atoms with Crippen LogP contribution < -0.4 is 10.7 Å². The number of hydrogen-bond donors (Lipinski definition) is 2. The Hall–Kier alpha value is -3.22. The fourth-order valence-electron chi connectivity index (χ4n) is 3.11. The second-order valence-electron chi connectivity index (χ2n) is 6.67. The van der Waals surface area contributed by atoms with Gasteiger partial charge in [-0.25, -0.2) is 0 Å². The van der Waals surface area contributed by atoms with Crippen LogP contribution in [0.2, 0.25) is 0 Å². The standard InChI is InChI=1S/C20H22N4O3/c1-14-7-5-6-10-17(14)22-23-18-12-11-15(13-19(18)24(26)27)20(25)21-16-8-3-2-4-9-16/h2-4,8-9,11-14,23H,5-7,10H2,1H3,(H,21,25)/t14-/m0/s1. The Balaban J connectivity index is 1.79. The summed E-state index contributed by atoms with van der Waals surface area (Å²) in [4.78, 5) is 23.3. The van der Waals surface area contributed by atoms with E-state index in [2.05, 4.69) is 22.8 Å². The van der Waals surface area contributed by atoms with Gasteiger partial charge in [0, 0.05) is 23.0 Å². The number of para-hydroxylation sites is 1. The number of hydrazone groups is 1. The van der Waals surface area contributed by atoms with Crippen molar-refractivity contribution in [2.75, 3.05) is 10.7 Å². The Bertz CT molecular complexity index is 865. The van der Waals surface area contributed by atoms with Crippen molar-refractivity contribution in [3.8, 4) is 0 Å². The first-order valence-corrected chi connectivity index (χ1v) is 9.02. The second kappa shape index (κ2) is 8.44. The van der Waals surface area contributed by atoms with Gasteiger partial charge in [-0.05, 0) is 49.4 Å². The zero-order chi connectivity index (χ0) is 19.2. The molecule has 140 valence electrons. The summed E-state index contributed by atoms with van der Waals surface area (Å²) in [7, 11) is 0. The van der Waals surface area contributed by atoms with E-state index in [4.69, 9.17) is 0 Å². The van der Waals surface area contributed by atoms with Crippen LogP contribution in [-0.4, -0.2) is 16.5 Å². The molecule has 0 saturated heterocycles. The normalized spacial score (nSPS) is 18.1. The molecule has 1 fully saturated rings. The van der Waals surface area contributed by atoms with E-state index < -0.39 is 10.8 Å². The number of nitrogens with one attached hydrogen (secondary N) is 2. The fourth-order valence-corrected chi connectivity index (χ4v) is 3.11. The van der Waals surface area contributed by atoms with Crippen molar-refractivity contribution in [2.24, 2.45) is 11.0 Å². The molecule has 0 bridgehead atoms. The lowest BCUT2D eigenvalue weighted by molar-refractivity contribution is -0.384. The summed E-state index contributed by atoms with van der Waals surface area (Å²) in [6.45, 7) is 2.12. The molecule has 3 rings (SSSR count). The second-order valence-corrected chi connectivity index (χ2v) is 6.67. The number of anilines is 2. The molecule has 1 amide bonds. The molecule has 27 heavy (non-hydrogen) atoms. The summed E-state index contributed by atoms with van der Waals surface area (Å²) in [5.41, 5.74) is 4.80. The summed E-state index contributed by atoms with van der Waals surface area (Å²) >= 11 is 0. The Kier molecular flexibility index (Phi) is 5.80. The fraction of sp³-hybridized carbons (Fsp3) is 0.300. The molecule has 0 spiro atoms. The minimum Gasteiger partial charge on any atom is -0.322 e. The number of carbonyl (C=O) groups excluding carboxylic acids is 1. The highest BCUT2D eigenvalue weighted by atomic mass is 16.6. The highest BCUT2D eigenvalue weighted by Gasteiger charge is 2.19. The third-order valence-corrected chi connectivity index (χ3v) is 4.70. The van der Waals surface area contributed by atoms with Crippen LogP contribution >= 0.6 is 0 Å². The summed E-state index contributed by atoms with van der Waals surface area (Å²) < 4.78 is 0. The molecular weight excluding hydrogens is 344 g/mol. The summed E-state index contributed by atoms with van der Waals surface area (Å²) in [6, 6.07) is 13.3. The lowest BCUT2D eigenvalue weighted by atomic mass is 9.89. The van der Waals surface area contributed by atoms with E-state index in [-0.39, 0.29) is 16.9 Å². The van der Waals surface area contributed by atoms with Gasteiger partial charge in [-0.1, -0.05) is 31.5 Å². The van der Waals surface area contributed by atoms with Gasteiger partial charge in [0.15, 0.2) is 0 Å². The predicted molar refractivity (Wildman–Crippen MR) is 106 cm³/mol. The van der Waals surface area contributed by atoms with E-state index in [0.29, 0.717) is 11.6 Å². The molecular formula is C20H22N4O3. The number of carbonyl (C=O) groups is 1. The number of rotatable bonds is 5. The van der Waals surface area contributed by atoms with E-state index in [1.165, 1.54) is 18.6 Å². The average molecular weight is 366 g/mol. The van der Waals surface area contributed by atoms with Gasteiger partial charge in [0.25, 0.3) is 11.6 Å². The zero-order valence-electron chi connectivity index (χ0n) is 15.1. The van der Waals surface area contributed by atoms with Crippen LogP contribution in [0.4, 0.5) is 17.1 Å². The van der Waals surface area contributed by atoms with Gasteiger partial charge in [0.1, 0.15) is 5.69 Å². The topological polar surface area (TPSA) is 96.6 Å². The van der Waals surface area contributed by atoms with E-state index in [0.717, 1.165) is 25.0 Å². The molecule has 0 unspecified atom stereocenters. The van der Waals surface area contributed by atoms with E-state index in [1.54, 1.807) is 30.3 Å². The molecule has 1 saturated carbocycles. The van der Waals surface area contributed by atoms with Crippen LogP contribution in [0, 0.1) is 16.0 Å². The molecule has 1 aliphatic rings. The summed E-state index contributed by atoms with van der Waals surface area (Å²) in [5, 5.41) is 18.6. The van der Waals surface area contributed by atoms with Crippen LogP contribution in [0.15, 0.2) is 53.6 Å². The Labute approximate surface area is 157 Å². The molecule has 2 aromatic rings. The number of hydrogen-bond acceptors (Lipinski definition) is 5. The van der Waals surface area contributed by atoms with Crippen molar-refractivity contribution in [1.82, 2.24) is 0 Å². The maximum Gasteiger partial charge on any atom is 0.294 e. The first-order chi connectivity index (χ1) is 13.0. The van der Waals surface area contributed by atoms with E-state index in [9.17, 15) is 14.9 Å². The lowest BCUT2D eigenvalue weighted by Crippen LogP contribution is -2.17. The highest BCUT2D eigenvalue weighted by Crippen LogP contribution is 2.27. The van der Waals surface area contributed by atoms with Crippen LogP contribution in [-0.2, 0) is 0 Å². The van der Waals surface area contributed by atoms with Crippen LogP contribution in [0.1, 0.15) is 43.0 Å². The lowest BCUT2D eigenvalue weighted by Gasteiger charge is -2.20. The first-order valence-electron chi connectivity index (χ1n) is 9.02. The number of amides is 1. The molecule has 0 aliphatic heterocycles. The third-order valence-electron chi connectivity index (χ3n) is 4.70. The van der Waals surface area contributed by atoms with Crippen molar-refractivity contribution < 1.29 is 9.72 Å². The number of benzene rings is 2. The Morgan fingerprint density at radius 3 is 2.67 bits per heavy atom. The highest BCUT2D eigenvalue weighted by molar-refractivity contribution is 6.05. The Morgan fingerprint density at radius 2 is 1.96 bits per heavy atom. The van der Waals surface area contributed by atoms with E-state index >= 15 is 0 Å². The molecule has 0 radical (unpaired) electrons. The van der Waals surface area contributed by atoms with Gasteiger partial charge in [-0.2, -0.15) is 5.10 Å². The largest absolute Gasteiger partial charge is 0.322 e. The van der Waals surface area contributed by atoms with Gasteiger partial charge in [0.2, 0.25) is 0 Å². The van der Waals surface area contributed by atoms with Crippen molar-refractivity contribution >= 4 is 28.7 Å². The molecule has 2 N–H and O–H groups in total. The van der Waals surface area contributed by atoms with Gasteiger partial charge >= 0.3 is 0 Å². The number of nitrogens with zero attached hydrogens (tertiary/aromatic N) is 2. The maximum absolute atomic E-state index is 12.4. The third kappa shape index (κ3) is 4.69. The van der Waals surface area contributed by atoms with Crippen molar-refractivity contribution in [1.29, 1.82) is 0 Å². The maximum atomic E-state index is 12.4.